The van der Waals surface area contributed by atoms with E-state index < -0.39 is 0 Å². The number of hydrogen-bond acceptors (Lipinski definition) is 2. The number of benzene rings is 2. The Bertz CT molecular complexity index is 716. The maximum Gasteiger partial charge on any atom is 0.227 e. The van der Waals surface area contributed by atoms with Gasteiger partial charge in [0.05, 0.1) is 5.69 Å². The van der Waals surface area contributed by atoms with E-state index in [1.165, 1.54) is 6.07 Å². The van der Waals surface area contributed by atoms with Crippen LogP contribution in [0.25, 0.3) is 0 Å². The van der Waals surface area contributed by atoms with Crippen molar-refractivity contribution in [2.45, 2.75) is 26.7 Å². The van der Waals surface area contributed by atoms with Gasteiger partial charge in [0.15, 0.2) is 0 Å². The largest absolute Gasteiger partial charge is 0.369 e. The lowest BCUT2D eigenvalue weighted by Gasteiger charge is -2.33. The molecular weight excluding hydrogens is 303 g/mol. The summed E-state index contributed by atoms with van der Waals surface area (Å²) in [5.41, 5.74) is 3.76. The Morgan fingerprint density at radius 1 is 1.08 bits per heavy atom. The number of rotatable bonds is 3. The summed E-state index contributed by atoms with van der Waals surface area (Å²) in [6.45, 7) is 5.45. The third kappa shape index (κ3) is 3.75. The lowest BCUT2D eigenvalue weighted by atomic mass is 9.95. The van der Waals surface area contributed by atoms with Gasteiger partial charge in [0.2, 0.25) is 5.91 Å². The minimum atomic E-state index is -0.198. The number of para-hydroxylation sites is 1. The summed E-state index contributed by atoms with van der Waals surface area (Å²) in [6, 6.07) is 12.9. The van der Waals surface area contributed by atoms with E-state index in [4.69, 9.17) is 0 Å². The fourth-order valence-corrected chi connectivity index (χ4v) is 3.38. The maximum atomic E-state index is 13.9. The fraction of sp³-hybridized carbons (Fsp3) is 0.350. The number of anilines is 2. The monoisotopic (exact) mass is 326 g/mol. The Morgan fingerprint density at radius 3 is 2.33 bits per heavy atom. The number of carbonyl (C=O) groups is 1. The third-order valence-corrected chi connectivity index (χ3v) is 4.55. The Morgan fingerprint density at radius 2 is 1.71 bits per heavy atom. The van der Waals surface area contributed by atoms with Gasteiger partial charge in [-0.15, -0.1) is 0 Å². The first-order chi connectivity index (χ1) is 11.5. The third-order valence-electron chi connectivity index (χ3n) is 4.55. The molecule has 1 aliphatic rings. The summed E-state index contributed by atoms with van der Waals surface area (Å²) >= 11 is 0. The first-order valence-electron chi connectivity index (χ1n) is 8.41. The first kappa shape index (κ1) is 16.5. The van der Waals surface area contributed by atoms with E-state index in [0.717, 1.165) is 29.7 Å². The second-order valence-electron chi connectivity index (χ2n) is 6.58. The first-order valence-corrected chi connectivity index (χ1v) is 8.41. The Kier molecular flexibility index (Phi) is 4.84. The van der Waals surface area contributed by atoms with E-state index in [9.17, 15) is 9.18 Å². The molecule has 0 aromatic heterocycles. The fourth-order valence-electron chi connectivity index (χ4n) is 3.38. The normalized spacial score (nSPS) is 15.4. The Balaban J connectivity index is 1.60. The van der Waals surface area contributed by atoms with Gasteiger partial charge in [-0.25, -0.2) is 4.39 Å². The van der Waals surface area contributed by atoms with Crippen LogP contribution < -0.4 is 10.2 Å². The van der Waals surface area contributed by atoms with Crippen molar-refractivity contribution in [3.05, 3.63) is 59.4 Å². The molecular formula is C20H23FN2O. The van der Waals surface area contributed by atoms with Crippen molar-refractivity contribution in [3.63, 3.8) is 0 Å². The highest BCUT2D eigenvalue weighted by atomic mass is 19.1. The van der Waals surface area contributed by atoms with Crippen LogP contribution in [0.3, 0.4) is 0 Å². The van der Waals surface area contributed by atoms with Crippen molar-refractivity contribution in [2.24, 2.45) is 5.92 Å². The number of nitrogens with one attached hydrogen (secondary N) is 1. The van der Waals surface area contributed by atoms with E-state index in [1.54, 1.807) is 12.1 Å². The van der Waals surface area contributed by atoms with E-state index >= 15 is 0 Å². The van der Waals surface area contributed by atoms with Gasteiger partial charge in [0, 0.05) is 24.7 Å². The second kappa shape index (κ2) is 7.04. The molecule has 1 saturated heterocycles. The minimum absolute atomic E-state index is 0.0196. The van der Waals surface area contributed by atoms with Crippen LogP contribution in [-0.4, -0.2) is 19.0 Å². The average Bonchev–Trinajstić information content (AvgIpc) is 2.54. The van der Waals surface area contributed by atoms with E-state index in [1.807, 2.05) is 36.9 Å². The number of amides is 1. The second-order valence-corrected chi connectivity index (χ2v) is 6.58. The number of nitrogens with zero attached hydrogens (tertiary/aromatic N) is 1. The SMILES string of the molecule is Cc1cc(C)cc(NC(=O)C2CCN(c3ccccc3F)CC2)c1. The molecule has 0 unspecified atom stereocenters. The van der Waals surface area contributed by atoms with Crippen molar-refractivity contribution in [2.75, 3.05) is 23.3 Å². The average molecular weight is 326 g/mol. The lowest BCUT2D eigenvalue weighted by molar-refractivity contribution is -0.120. The van der Waals surface area contributed by atoms with Crippen LogP contribution in [0.2, 0.25) is 0 Å². The molecule has 0 bridgehead atoms. The zero-order chi connectivity index (χ0) is 17.1. The molecule has 1 aliphatic heterocycles. The minimum Gasteiger partial charge on any atom is -0.369 e. The van der Waals surface area contributed by atoms with Gasteiger partial charge >= 0.3 is 0 Å². The van der Waals surface area contributed by atoms with Crippen molar-refractivity contribution in [1.29, 1.82) is 0 Å². The van der Waals surface area contributed by atoms with Gasteiger partial charge in [0.1, 0.15) is 5.82 Å². The number of piperidine rings is 1. The van der Waals surface area contributed by atoms with Gasteiger partial charge < -0.3 is 10.2 Å². The van der Waals surface area contributed by atoms with Crippen molar-refractivity contribution < 1.29 is 9.18 Å². The van der Waals surface area contributed by atoms with Crippen LogP contribution in [0, 0.1) is 25.6 Å². The number of aryl methyl sites for hydroxylation is 2. The van der Waals surface area contributed by atoms with Gasteiger partial charge in [-0.3, -0.25) is 4.79 Å². The quantitative estimate of drug-likeness (QED) is 0.912. The highest BCUT2D eigenvalue weighted by molar-refractivity contribution is 5.92. The summed E-state index contributed by atoms with van der Waals surface area (Å²) in [6.07, 6.45) is 1.48. The molecule has 3 nitrogen and oxygen atoms in total. The number of carbonyl (C=O) groups excluding carboxylic acids is 1. The molecule has 0 spiro atoms. The number of hydrogen-bond donors (Lipinski definition) is 1. The van der Waals surface area contributed by atoms with Crippen molar-refractivity contribution in [1.82, 2.24) is 0 Å². The summed E-state index contributed by atoms with van der Waals surface area (Å²) < 4.78 is 13.9. The van der Waals surface area contributed by atoms with Crippen LogP contribution in [0.5, 0.6) is 0 Å². The molecule has 1 heterocycles. The van der Waals surface area contributed by atoms with Crippen LogP contribution >= 0.6 is 0 Å². The molecule has 4 heteroatoms. The highest BCUT2D eigenvalue weighted by Gasteiger charge is 2.26. The zero-order valence-electron chi connectivity index (χ0n) is 14.2. The van der Waals surface area contributed by atoms with Crippen LogP contribution in [0.1, 0.15) is 24.0 Å². The van der Waals surface area contributed by atoms with Crippen LogP contribution in [-0.2, 0) is 4.79 Å². The molecule has 0 radical (unpaired) electrons. The predicted octanol–water partition coefficient (Wildman–Crippen LogP) is 4.30. The summed E-state index contributed by atoms with van der Waals surface area (Å²) in [5, 5.41) is 3.03. The molecule has 1 N–H and O–H groups in total. The molecule has 126 valence electrons. The van der Waals surface area contributed by atoms with Gasteiger partial charge in [-0.1, -0.05) is 18.2 Å². The molecule has 3 rings (SSSR count). The van der Waals surface area contributed by atoms with E-state index in [0.29, 0.717) is 18.8 Å². The molecule has 1 amide bonds. The smallest absolute Gasteiger partial charge is 0.227 e. The molecule has 2 aromatic rings. The van der Waals surface area contributed by atoms with Crippen molar-refractivity contribution >= 4 is 17.3 Å². The zero-order valence-corrected chi connectivity index (χ0v) is 14.2. The van der Waals surface area contributed by atoms with Gasteiger partial charge in [-0.2, -0.15) is 0 Å². The summed E-state index contributed by atoms with van der Waals surface area (Å²) in [5.74, 6) is -0.155. The molecule has 0 saturated carbocycles. The molecule has 1 fully saturated rings. The molecule has 0 atom stereocenters. The standard InChI is InChI=1S/C20H23FN2O/c1-14-11-15(2)13-17(12-14)22-20(24)16-7-9-23(10-8-16)19-6-4-3-5-18(19)21/h3-6,11-13,16H,7-10H2,1-2H3,(H,22,24). The molecule has 0 aliphatic carbocycles. The summed E-state index contributed by atoms with van der Waals surface area (Å²) in [4.78, 5) is 14.5. The Labute approximate surface area is 142 Å². The van der Waals surface area contributed by atoms with Crippen molar-refractivity contribution in [3.8, 4) is 0 Å². The maximum absolute atomic E-state index is 13.9. The van der Waals surface area contributed by atoms with E-state index in [2.05, 4.69) is 11.4 Å². The highest BCUT2D eigenvalue weighted by Crippen LogP contribution is 2.26. The lowest BCUT2D eigenvalue weighted by Crippen LogP contribution is -2.38. The van der Waals surface area contributed by atoms with Crippen LogP contribution in [0.15, 0.2) is 42.5 Å². The number of halogens is 1. The van der Waals surface area contributed by atoms with Gasteiger partial charge in [-0.05, 0) is 62.1 Å². The van der Waals surface area contributed by atoms with Crippen LogP contribution in [0.4, 0.5) is 15.8 Å². The van der Waals surface area contributed by atoms with E-state index in [-0.39, 0.29) is 17.6 Å². The molecule has 2 aromatic carbocycles. The predicted molar refractivity (Wildman–Crippen MR) is 95.9 cm³/mol. The Hall–Kier alpha value is -2.36. The molecule has 24 heavy (non-hydrogen) atoms. The topological polar surface area (TPSA) is 32.3 Å². The summed E-state index contributed by atoms with van der Waals surface area (Å²) in [7, 11) is 0. The van der Waals surface area contributed by atoms with Gasteiger partial charge in [0.25, 0.3) is 0 Å².